The van der Waals surface area contributed by atoms with Crippen LogP contribution in [0, 0.1) is 6.92 Å². The Morgan fingerprint density at radius 3 is 2.52 bits per heavy atom. The summed E-state index contributed by atoms with van der Waals surface area (Å²) >= 11 is 0. The maximum atomic E-state index is 13.5. The largest absolute Gasteiger partial charge is 0.478 e. The molecule has 0 saturated heterocycles. The Balaban J connectivity index is 0.00000220. The van der Waals surface area contributed by atoms with E-state index in [1.165, 1.54) is 10.5 Å². The van der Waals surface area contributed by atoms with E-state index >= 15 is 0 Å². The molecule has 2 atom stereocenters. The zero-order valence-electron chi connectivity index (χ0n) is 21.5. The van der Waals surface area contributed by atoms with Crippen LogP contribution < -0.4 is 0 Å². The van der Waals surface area contributed by atoms with E-state index in [0.29, 0.717) is 34.8 Å². The fraction of sp³-hybridized carbons (Fsp3) is 0.379. The molecular weight excluding hydrogens is 528 g/mol. The quantitative estimate of drug-likeness (QED) is 0.281. The average molecular weight is 567 g/mol. The minimum absolute atomic E-state index is 0. The summed E-state index contributed by atoms with van der Waals surface area (Å²) in [5.74, 6) is -1.02. The number of aromatic carboxylic acids is 1. The third kappa shape index (κ3) is 5.85. The van der Waals surface area contributed by atoms with E-state index in [0.717, 1.165) is 17.7 Å². The smallest absolute Gasteiger partial charge is 0.339 e. The maximum absolute atomic E-state index is 13.5. The van der Waals surface area contributed by atoms with Gasteiger partial charge in [-0.25, -0.2) is 17.9 Å². The Hall–Kier alpha value is -3.83. The van der Waals surface area contributed by atoms with Gasteiger partial charge in [-0.1, -0.05) is 57.3 Å². The number of aromatic nitrogens is 5. The number of nitrogens with zero attached hydrogens (tertiary/aromatic N) is 6. The maximum Gasteiger partial charge on any atom is 0.339 e. The van der Waals surface area contributed by atoms with E-state index in [1.54, 1.807) is 41.5 Å². The van der Waals surface area contributed by atoms with E-state index in [1.807, 2.05) is 43.5 Å². The minimum atomic E-state index is -3.71. The summed E-state index contributed by atoms with van der Waals surface area (Å²) in [5.41, 5.74) is 3.76. The Morgan fingerprint density at radius 1 is 1.12 bits per heavy atom. The molecule has 1 fully saturated rings. The number of hydrogen-bond acceptors (Lipinski definition) is 6. The standard InChI is InChI=1S/C27H30N6O4S.2CH4/c1-4-12-32(38(36,37)25-11-6-5-8-18(25)2)16-19-9-7-10-20(13-19)33-26(23(15-28-33)27(34)35)22-14-21(22)24-17-31(3)30-29-24;;/h5-11,13,15,17,21-22H,4,12,14,16H2,1-3H3,(H,34,35);2*1H4/t21-,22-;;/m1../s1. The first kappa shape index (κ1) is 30.7. The van der Waals surface area contributed by atoms with Crippen molar-refractivity contribution in [2.45, 2.75) is 64.8 Å². The number of carboxylic acid groups (broad SMARTS) is 1. The molecule has 0 aliphatic heterocycles. The first-order valence-corrected chi connectivity index (χ1v) is 14.0. The van der Waals surface area contributed by atoms with Crippen LogP contribution in [0.3, 0.4) is 0 Å². The fourth-order valence-electron chi connectivity index (χ4n) is 4.95. The van der Waals surface area contributed by atoms with E-state index in [9.17, 15) is 18.3 Å². The highest BCUT2D eigenvalue weighted by molar-refractivity contribution is 7.89. The number of aryl methyl sites for hydroxylation is 2. The fourth-order valence-corrected chi connectivity index (χ4v) is 6.70. The topological polar surface area (TPSA) is 123 Å². The summed E-state index contributed by atoms with van der Waals surface area (Å²) in [7, 11) is -1.91. The molecular formula is C29H38N6O4S. The normalized spacial score (nSPS) is 16.3. The SMILES string of the molecule is C.C.CCCN(Cc1cccc(-n2ncc(C(=O)O)c2[C@@H]2C[C@H]2c2cn(C)nn2)c1)S(=O)(=O)c1ccccc1C. The summed E-state index contributed by atoms with van der Waals surface area (Å²) in [6, 6.07) is 14.4. The van der Waals surface area contributed by atoms with Crippen LogP contribution in [0.25, 0.3) is 5.69 Å². The van der Waals surface area contributed by atoms with Crippen molar-refractivity contribution in [3.05, 3.63) is 89.0 Å². The van der Waals surface area contributed by atoms with Crippen LogP contribution in [0.2, 0.25) is 0 Å². The van der Waals surface area contributed by atoms with Gasteiger partial charge >= 0.3 is 5.97 Å². The molecule has 1 saturated carbocycles. The van der Waals surface area contributed by atoms with Crippen LogP contribution in [0.1, 0.15) is 79.3 Å². The Morgan fingerprint density at radius 2 is 1.88 bits per heavy atom. The second-order valence-electron chi connectivity index (χ2n) is 9.70. The summed E-state index contributed by atoms with van der Waals surface area (Å²) in [6.07, 6.45) is 4.65. The van der Waals surface area contributed by atoms with Gasteiger partial charge in [0, 0.05) is 38.2 Å². The molecule has 0 spiro atoms. The molecule has 10 nitrogen and oxygen atoms in total. The molecule has 1 aliphatic rings. The lowest BCUT2D eigenvalue weighted by Gasteiger charge is -2.23. The number of rotatable bonds is 10. The lowest BCUT2D eigenvalue weighted by molar-refractivity contribution is 0.0695. The predicted molar refractivity (Wildman–Crippen MR) is 154 cm³/mol. The molecule has 0 bridgehead atoms. The lowest BCUT2D eigenvalue weighted by Crippen LogP contribution is -2.32. The highest BCUT2D eigenvalue weighted by Gasteiger charge is 2.46. The number of benzene rings is 2. The number of sulfonamides is 1. The highest BCUT2D eigenvalue weighted by atomic mass is 32.2. The van der Waals surface area contributed by atoms with Crippen LogP contribution in [0.15, 0.2) is 65.8 Å². The number of carboxylic acids is 1. The summed E-state index contributed by atoms with van der Waals surface area (Å²) in [6.45, 7) is 4.30. The summed E-state index contributed by atoms with van der Waals surface area (Å²) < 4.78 is 31.9. The van der Waals surface area contributed by atoms with E-state index in [4.69, 9.17) is 0 Å². The second-order valence-corrected chi connectivity index (χ2v) is 11.6. The molecule has 2 aromatic carbocycles. The van der Waals surface area contributed by atoms with Gasteiger partial charge in [0.2, 0.25) is 10.0 Å². The van der Waals surface area contributed by atoms with Crippen molar-refractivity contribution in [3.8, 4) is 5.69 Å². The van der Waals surface area contributed by atoms with Crippen molar-refractivity contribution in [1.29, 1.82) is 0 Å². The molecule has 0 unspecified atom stereocenters. The molecule has 5 rings (SSSR count). The average Bonchev–Trinajstić information content (AvgIpc) is 3.33. The summed E-state index contributed by atoms with van der Waals surface area (Å²) in [5, 5.41) is 22.5. The van der Waals surface area contributed by atoms with E-state index in [-0.39, 0.29) is 38.8 Å². The summed E-state index contributed by atoms with van der Waals surface area (Å²) in [4.78, 5) is 12.3. The van der Waals surface area contributed by atoms with Gasteiger partial charge in [0.1, 0.15) is 5.56 Å². The van der Waals surface area contributed by atoms with Crippen molar-refractivity contribution in [1.82, 2.24) is 29.1 Å². The molecule has 1 aliphatic carbocycles. The Kier molecular flexibility index (Phi) is 9.32. The van der Waals surface area contributed by atoms with Crippen LogP contribution in [-0.2, 0) is 23.6 Å². The van der Waals surface area contributed by atoms with Crippen LogP contribution in [0.5, 0.6) is 0 Å². The van der Waals surface area contributed by atoms with E-state index in [2.05, 4.69) is 15.4 Å². The van der Waals surface area contributed by atoms with Crippen LogP contribution in [0.4, 0.5) is 0 Å². The highest BCUT2D eigenvalue weighted by Crippen LogP contribution is 2.55. The third-order valence-electron chi connectivity index (χ3n) is 6.88. The number of hydrogen-bond donors (Lipinski definition) is 1. The van der Waals surface area contributed by atoms with Gasteiger partial charge in [0.05, 0.1) is 28.2 Å². The Labute approximate surface area is 236 Å². The van der Waals surface area contributed by atoms with Gasteiger partial charge in [-0.3, -0.25) is 4.68 Å². The molecule has 214 valence electrons. The molecule has 0 radical (unpaired) electrons. The van der Waals surface area contributed by atoms with Crippen LogP contribution >= 0.6 is 0 Å². The molecule has 40 heavy (non-hydrogen) atoms. The number of carbonyl (C=O) groups is 1. The van der Waals surface area contributed by atoms with Crippen molar-refractivity contribution >= 4 is 16.0 Å². The van der Waals surface area contributed by atoms with Gasteiger partial charge in [-0.05, 0) is 49.1 Å². The van der Waals surface area contributed by atoms with Crippen molar-refractivity contribution in [2.24, 2.45) is 7.05 Å². The monoisotopic (exact) mass is 566 g/mol. The lowest BCUT2D eigenvalue weighted by atomic mass is 10.1. The Bertz CT molecular complexity index is 1590. The van der Waals surface area contributed by atoms with Gasteiger partial charge < -0.3 is 5.11 Å². The van der Waals surface area contributed by atoms with Gasteiger partial charge in [0.15, 0.2) is 0 Å². The van der Waals surface area contributed by atoms with Crippen molar-refractivity contribution in [3.63, 3.8) is 0 Å². The molecule has 2 aromatic heterocycles. The predicted octanol–water partition coefficient (Wildman–Crippen LogP) is 5.15. The molecule has 1 N–H and O–H groups in total. The van der Waals surface area contributed by atoms with Gasteiger partial charge in [-0.2, -0.15) is 9.40 Å². The molecule has 4 aromatic rings. The molecule has 11 heteroatoms. The van der Waals surface area contributed by atoms with Crippen molar-refractivity contribution in [2.75, 3.05) is 6.54 Å². The third-order valence-corrected chi connectivity index (χ3v) is 8.88. The molecule has 0 amide bonds. The zero-order valence-corrected chi connectivity index (χ0v) is 22.3. The minimum Gasteiger partial charge on any atom is -0.478 e. The van der Waals surface area contributed by atoms with E-state index < -0.39 is 16.0 Å². The van der Waals surface area contributed by atoms with Gasteiger partial charge in [0.25, 0.3) is 0 Å². The first-order chi connectivity index (χ1) is 18.2. The first-order valence-electron chi connectivity index (χ1n) is 12.5. The molecule has 2 heterocycles. The van der Waals surface area contributed by atoms with Crippen LogP contribution in [-0.4, -0.2) is 55.1 Å². The zero-order chi connectivity index (χ0) is 27.0. The second kappa shape index (κ2) is 12.1. The van der Waals surface area contributed by atoms with Gasteiger partial charge in [-0.15, -0.1) is 5.10 Å². The van der Waals surface area contributed by atoms with Crippen molar-refractivity contribution < 1.29 is 18.3 Å².